The van der Waals surface area contributed by atoms with E-state index in [0.29, 0.717) is 6.54 Å². The maximum absolute atomic E-state index is 9.57. The third-order valence-electron chi connectivity index (χ3n) is 3.80. The minimum Gasteiger partial charge on any atom is -0.391 e. The van der Waals surface area contributed by atoms with Crippen molar-refractivity contribution in [1.29, 1.82) is 0 Å². The van der Waals surface area contributed by atoms with Crippen LogP contribution in [0.4, 0.5) is 5.82 Å². The maximum atomic E-state index is 9.57. The molecular weight excluding hydrogens is 250 g/mol. The quantitative estimate of drug-likeness (QED) is 0.909. The molecule has 104 valence electrons. The highest BCUT2D eigenvalue weighted by Crippen LogP contribution is 2.24. The first-order valence-corrected chi connectivity index (χ1v) is 6.98. The van der Waals surface area contributed by atoms with E-state index in [-0.39, 0.29) is 6.10 Å². The van der Waals surface area contributed by atoms with Crippen LogP contribution in [0.15, 0.2) is 30.3 Å². The summed E-state index contributed by atoms with van der Waals surface area (Å²) >= 11 is 0. The maximum Gasteiger partial charge on any atom is 0.151 e. The Labute approximate surface area is 119 Å². The highest BCUT2D eigenvalue weighted by molar-refractivity contribution is 5.64. The summed E-state index contributed by atoms with van der Waals surface area (Å²) < 4.78 is 0. The molecule has 1 aliphatic rings. The van der Waals surface area contributed by atoms with Crippen molar-refractivity contribution in [1.82, 2.24) is 10.2 Å². The summed E-state index contributed by atoms with van der Waals surface area (Å²) in [5.41, 5.74) is 4.48. The van der Waals surface area contributed by atoms with Crippen molar-refractivity contribution in [3.63, 3.8) is 0 Å². The predicted molar refractivity (Wildman–Crippen MR) is 79.8 cm³/mol. The van der Waals surface area contributed by atoms with Crippen molar-refractivity contribution in [3.8, 4) is 11.3 Å². The predicted octanol–water partition coefficient (Wildman–Crippen LogP) is 2.33. The van der Waals surface area contributed by atoms with Crippen LogP contribution in [-0.4, -0.2) is 34.5 Å². The van der Waals surface area contributed by atoms with Crippen molar-refractivity contribution in [2.45, 2.75) is 26.4 Å². The van der Waals surface area contributed by atoms with E-state index in [1.54, 1.807) is 0 Å². The Hall–Kier alpha value is -1.94. The molecule has 0 amide bonds. The lowest BCUT2D eigenvalue weighted by atomic mass is 10.0. The molecule has 3 rings (SSSR count). The molecule has 2 aromatic rings. The molecule has 20 heavy (non-hydrogen) atoms. The van der Waals surface area contributed by atoms with Crippen molar-refractivity contribution in [2.24, 2.45) is 0 Å². The fourth-order valence-electron chi connectivity index (χ4n) is 2.69. The van der Waals surface area contributed by atoms with Crippen LogP contribution < -0.4 is 4.90 Å². The van der Waals surface area contributed by atoms with Gasteiger partial charge in [-0.2, -0.15) is 0 Å². The van der Waals surface area contributed by atoms with Gasteiger partial charge in [-0.15, -0.1) is 10.2 Å². The second kappa shape index (κ2) is 5.21. The first-order chi connectivity index (χ1) is 9.63. The number of anilines is 1. The summed E-state index contributed by atoms with van der Waals surface area (Å²) in [5.74, 6) is 0.843. The number of β-amino-alcohol motifs (C(OH)–C–C–N with tert-alkyl or cyclic N) is 1. The molecule has 1 N–H and O–H groups in total. The van der Waals surface area contributed by atoms with E-state index >= 15 is 0 Å². The lowest BCUT2D eigenvalue weighted by molar-refractivity contribution is 0.198. The summed E-state index contributed by atoms with van der Waals surface area (Å²) in [6.45, 7) is 5.68. The Morgan fingerprint density at radius 1 is 1.15 bits per heavy atom. The minimum atomic E-state index is -0.240. The van der Waals surface area contributed by atoms with Gasteiger partial charge in [0.1, 0.15) is 0 Å². The van der Waals surface area contributed by atoms with Crippen molar-refractivity contribution in [2.75, 3.05) is 18.0 Å². The zero-order valence-electron chi connectivity index (χ0n) is 11.9. The fourth-order valence-corrected chi connectivity index (χ4v) is 2.69. The Bertz CT molecular complexity index is 610. The average molecular weight is 269 g/mol. The van der Waals surface area contributed by atoms with E-state index in [9.17, 15) is 5.11 Å². The van der Waals surface area contributed by atoms with Crippen LogP contribution in [-0.2, 0) is 0 Å². The number of aromatic nitrogens is 2. The largest absolute Gasteiger partial charge is 0.391 e. The van der Waals surface area contributed by atoms with E-state index in [2.05, 4.69) is 47.1 Å². The Balaban J connectivity index is 1.85. The van der Waals surface area contributed by atoms with Gasteiger partial charge in [0, 0.05) is 18.7 Å². The van der Waals surface area contributed by atoms with Crippen molar-refractivity contribution >= 4 is 5.82 Å². The molecule has 0 bridgehead atoms. The topological polar surface area (TPSA) is 49.2 Å². The molecule has 1 fully saturated rings. The Morgan fingerprint density at radius 3 is 2.60 bits per heavy atom. The lowest BCUT2D eigenvalue weighted by Crippen LogP contribution is -2.22. The van der Waals surface area contributed by atoms with Gasteiger partial charge >= 0.3 is 0 Å². The van der Waals surface area contributed by atoms with Crippen LogP contribution in [0, 0.1) is 13.8 Å². The molecule has 4 nitrogen and oxygen atoms in total. The van der Waals surface area contributed by atoms with Gasteiger partial charge in [-0.25, -0.2) is 0 Å². The summed E-state index contributed by atoms with van der Waals surface area (Å²) in [7, 11) is 0. The number of aliphatic hydroxyl groups is 1. The molecule has 1 aromatic carbocycles. The van der Waals surface area contributed by atoms with Crippen LogP contribution in [0.2, 0.25) is 0 Å². The molecular formula is C16H19N3O. The van der Waals surface area contributed by atoms with Crippen LogP contribution in [0.25, 0.3) is 11.3 Å². The van der Waals surface area contributed by atoms with E-state index in [1.165, 1.54) is 11.1 Å². The van der Waals surface area contributed by atoms with Gasteiger partial charge in [-0.3, -0.25) is 0 Å². The number of aryl methyl sites for hydroxylation is 2. The lowest BCUT2D eigenvalue weighted by Gasteiger charge is -2.16. The van der Waals surface area contributed by atoms with Crippen molar-refractivity contribution in [3.05, 3.63) is 41.5 Å². The molecule has 0 spiro atoms. The summed E-state index contributed by atoms with van der Waals surface area (Å²) in [6.07, 6.45) is 0.566. The van der Waals surface area contributed by atoms with Crippen LogP contribution in [0.5, 0.6) is 0 Å². The third-order valence-corrected chi connectivity index (χ3v) is 3.80. The average Bonchev–Trinajstić information content (AvgIpc) is 2.86. The van der Waals surface area contributed by atoms with E-state index < -0.39 is 0 Å². The van der Waals surface area contributed by atoms with Gasteiger partial charge in [0.05, 0.1) is 11.8 Å². The number of hydrogen-bond donors (Lipinski definition) is 1. The highest BCUT2D eigenvalue weighted by atomic mass is 16.3. The van der Waals surface area contributed by atoms with Crippen LogP contribution >= 0.6 is 0 Å². The molecule has 0 saturated carbocycles. The second-order valence-electron chi connectivity index (χ2n) is 5.48. The molecule has 1 atom stereocenters. The first-order valence-electron chi connectivity index (χ1n) is 6.98. The monoisotopic (exact) mass is 269 g/mol. The van der Waals surface area contributed by atoms with Gasteiger partial charge in [-0.1, -0.05) is 23.8 Å². The van der Waals surface area contributed by atoms with Crippen molar-refractivity contribution < 1.29 is 5.11 Å². The highest BCUT2D eigenvalue weighted by Gasteiger charge is 2.21. The molecule has 4 heteroatoms. The third kappa shape index (κ3) is 2.51. The Morgan fingerprint density at radius 2 is 2.00 bits per heavy atom. The van der Waals surface area contributed by atoms with Gasteiger partial charge in [-0.05, 0) is 38.0 Å². The molecule has 0 aliphatic carbocycles. The van der Waals surface area contributed by atoms with Gasteiger partial charge in [0.2, 0.25) is 0 Å². The zero-order chi connectivity index (χ0) is 14.1. The minimum absolute atomic E-state index is 0.240. The summed E-state index contributed by atoms with van der Waals surface area (Å²) in [4.78, 5) is 2.07. The second-order valence-corrected chi connectivity index (χ2v) is 5.48. The molecule has 1 unspecified atom stereocenters. The summed E-state index contributed by atoms with van der Waals surface area (Å²) in [5, 5.41) is 18.2. The number of nitrogens with zero attached hydrogens (tertiary/aromatic N) is 3. The fraction of sp³-hybridized carbons (Fsp3) is 0.375. The van der Waals surface area contributed by atoms with Gasteiger partial charge < -0.3 is 10.0 Å². The zero-order valence-corrected chi connectivity index (χ0v) is 11.9. The number of rotatable bonds is 2. The molecule has 2 heterocycles. The first kappa shape index (κ1) is 13.1. The van der Waals surface area contributed by atoms with E-state index in [4.69, 9.17) is 0 Å². The normalized spacial score (nSPS) is 18.6. The molecule has 1 aliphatic heterocycles. The van der Waals surface area contributed by atoms with Gasteiger partial charge in [0.15, 0.2) is 5.82 Å². The summed E-state index contributed by atoms with van der Waals surface area (Å²) in [6, 6.07) is 10.3. The standard InChI is InChI=1S/C16H19N3O/c1-11-3-4-14(12(2)9-11)15-5-6-16(18-17-15)19-8-7-13(20)10-19/h3-6,9,13,20H,7-8,10H2,1-2H3. The van der Waals surface area contributed by atoms with E-state index in [0.717, 1.165) is 30.0 Å². The number of hydrogen-bond acceptors (Lipinski definition) is 4. The van der Waals surface area contributed by atoms with Gasteiger partial charge in [0.25, 0.3) is 0 Å². The van der Waals surface area contributed by atoms with Crippen LogP contribution in [0.1, 0.15) is 17.5 Å². The molecule has 1 aromatic heterocycles. The smallest absolute Gasteiger partial charge is 0.151 e. The number of benzene rings is 1. The SMILES string of the molecule is Cc1ccc(-c2ccc(N3CCC(O)C3)nn2)c(C)c1. The molecule has 0 radical (unpaired) electrons. The van der Waals surface area contributed by atoms with E-state index in [1.807, 2.05) is 12.1 Å². The Kier molecular flexibility index (Phi) is 3.40. The number of aliphatic hydroxyl groups excluding tert-OH is 1. The molecule has 1 saturated heterocycles. The van der Waals surface area contributed by atoms with Crippen LogP contribution in [0.3, 0.4) is 0 Å².